The quantitative estimate of drug-likeness (QED) is 0.790. The zero-order valence-electron chi connectivity index (χ0n) is 16.1. The molecule has 3 fully saturated rings. The molecule has 4 rings (SSSR count). The predicted octanol–water partition coefficient (Wildman–Crippen LogP) is 3.91. The van der Waals surface area contributed by atoms with Crippen molar-refractivity contribution in [3.05, 3.63) is 29.6 Å². The number of nitrogens with one attached hydrogen (secondary N) is 1. The van der Waals surface area contributed by atoms with Crippen LogP contribution >= 0.6 is 11.8 Å². The lowest BCUT2D eigenvalue weighted by Crippen LogP contribution is -2.52. The lowest BCUT2D eigenvalue weighted by molar-refractivity contribution is 0.0754. The minimum absolute atomic E-state index is 0.172. The minimum atomic E-state index is -1.17. The first-order chi connectivity index (χ1) is 13.2. The van der Waals surface area contributed by atoms with Gasteiger partial charge in [0, 0.05) is 0 Å². The molecule has 2 amide bonds. The molecule has 1 saturated carbocycles. The average Bonchev–Trinajstić information content (AvgIpc) is 2.94. The summed E-state index contributed by atoms with van der Waals surface area (Å²) in [6, 6.07) is 4.37. The molecule has 8 heteroatoms. The van der Waals surface area contributed by atoms with E-state index in [2.05, 4.69) is 5.32 Å². The Morgan fingerprint density at radius 1 is 1.36 bits per heavy atom. The molecule has 6 nitrogen and oxygen atoms in total. The van der Waals surface area contributed by atoms with Crippen LogP contribution in [0.3, 0.4) is 0 Å². The maximum absolute atomic E-state index is 14.8. The highest BCUT2D eigenvalue weighted by molar-refractivity contribution is 7.99. The van der Waals surface area contributed by atoms with E-state index in [9.17, 15) is 14.0 Å². The number of carboxylic acid groups (broad SMARTS) is 1. The molecule has 28 heavy (non-hydrogen) atoms. The Morgan fingerprint density at radius 3 is 2.61 bits per heavy atom. The minimum Gasteiger partial charge on any atom is -0.465 e. The molecule has 3 aliphatic rings. The molecular weight excluding hydrogens is 383 g/mol. The lowest BCUT2D eigenvalue weighted by Gasteiger charge is -2.33. The van der Waals surface area contributed by atoms with Crippen molar-refractivity contribution in [1.29, 1.82) is 0 Å². The van der Waals surface area contributed by atoms with E-state index < -0.39 is 29.7 Å². The van der Waals surface area contributed by atoms with Gasteiger partial charge in [0.15, 0.2) is 0 Å². The molecule has 2 aliphatic heterocycles. The summed E-state index contributed by atoms with van der Waals surface area (Å²) in [6.07, 6.45) is -2.40. The summed E-state index contributed by atoms with van der Waals surface area (Å²) in [4.78, 5) is 25.0. The number of nitrogens with zero attached hydrogens (tertiary/aromatic N) is 1. The van der Waals surface area contributed by atoms with Gasteiger partial charge in [0.2, 0.25) is 0 Å². The van der Waals surface area contributed by atoms with Gasteiger partial charge in [-0.25, -0.2) is 14.0 Å². The maximum atomic E-state index is 14.8. The Bertz CT molecular complexity index is 802. The third kappa shape index (κ3) is 3.43. The Labute approximate surface area is 167 Å². The Morgan fingerprint density at radius 2 is 2.04 bits per heavy atom. The molecule has 2 saturated heterocycles. The second kappa shape index (κ2) is 6.83. The zero-order valence-corrected chi connectivity index (χ0v) is 17.0. The molecule has 0 spiro atoms. The van der Waals surface area contributed by atoms with Gasteiger partial charge in [0.1, 0.15) is 11.9 Å². The summed E-state index contributed by atoms with van der Waals surface area (Å²) in [6.45, 7) is 5.81. The first kappa shape index (κ1) is 19.4. The highest BCUT2D eigenvalue weighted by Crippen LogP contribution is 2.61. The van der Waals surface area contributed by atoms with Crippen LogP contribution in [0.1, 0.15) is 32.3 Å². The third-order valence-electron chi connectivity index (χ3n) is 6.03. The summed E-state index contributed by atoms with van der Waals surface area (Å²) in [7, 11) is 0. The van der Waals surface area contributed by atoms with Crippen LogP contribution in [-0.2, 0) is 4.74 Å². The van der Waals surface area contributed by atoms with Gasteiger partial charge in [0.05, 0.1) is 18.3 Å². The van der Waals surface area contributed by atoms with E-state index in [4.69, 9.17) is 9.84 Å². The SMILES string of the molecule is CC(C)(C)C(NC(=O)O)[C@@H]1CN(c2ccc(C3[C@H]4CSC[C@@H]34)c(F)c2)C(=O)O1. The average molecular weight is 408 g/mol. The molecule has 1 aliphatic carbocycles. The summed E-state index contributed by atoms with van der Waals surface area (Å²) in [5, 5.41) is 11.6. The summed E-state index contributed by atoms with van der Waals surface area (Å²) in [5.74, 6) is 3.39. The van der Waals surface area contributed by atoms with Crippen LogP contribution in [0.5, 0.6) is 0 Å². The van der Waals surface area contributed by atoms with Crippen LogP contribution in [0.4, 0.5) is 19.7 Å². The fourth-order valence-corrected chi connectivity index (χ4v) is 6.11. The topological polar surface area (TPSA) is 78.9 Å². The maximum Gasteiger partial charge on any atom is 0.414 e. The standard InChI is InChI=1S/C20H25FN2O4S/c1-20(2,3)17(22-18(24)25)15-7-23(19(26)27-15)10-4-5-11(14(21)6-10)16-12-8-28-9-13(12)16/h4-6,12-13,15-17,22H,7-9H2,1-3H3,(H,24,25)/t12-,13+,15-,16?,17?/m0/s1. The highest BCUT2D eigenvalue weighted by Gasteiger charge is 2.54. The third-order valence-corrected chi connectivity index (χ3v) is 7.27. The van der Waals surface area contributed by atoms with E-state index in [0.717, 1.165) is 17.1 Å². The Hall–Kier alpha value is -1.96. The molecule has 2 unspecified atom stereocenters. The van der Waals surface area contributed by atoms with Crippen LogP contribution in [0.2, 0.25) is 0 Å². The second-order valence-electron chi connectivity index (χ2n) is 8.92. The van der Waals surface area contributed by atoms with E-state index in [-0.39, 0.29) is 12.4 Å². The van der Waals surface area contributed by atoms with E-state index in [1.807, 2.05) is 32.5 Å². The number of benzene rings is 1. The molecule has 152 valence electrons. The van der Waals surface area contributed by atoms with Crippen molar-refractivity contribution >= 4 is 29.6 Å². The first-order valence-electron chi connectivity index (χ1n) is 9.51. The van der Waals surface area contributed by atoms with Gasteiger partial charge in [-0.1, -0.05) is 26.8 Å². The number of cyclic esters (lactones) is 1. The van der Waals surface area contributed by atoms with Crippen LogP contribution in [0.25, 0.3) is 0 Å². The fraction of sp³-hybridized carbons (Fsp3) is 0.600. The number of thioether (sulfide) groups is 1. The van der Waals surface area contributed by atoms with Crippen molar-refractivity contribution in [2.24, 2.45) is 17.3 Å². The van der Waals surface area contributed by atoms with E-state index in [1.165, 1.54) is 11.0 Å². The monoisotopic (exact) mass is 408 g/mol. The van der Waals surface area contributed by atoms with Gasteiger partial charge < -0.3 is 15.2 Å². The van der Waals surface area contributed by atoms with Crippen molar-refractivity contribution in [2.45, 2.75) is 38.8 Å². The lowest BCUT2D eigenvalue weighted by atomic mass is 9.83. The number of rotatable bonds is 4. The van der Waals surface area contributed by atoms with Gasteiger partial charge >= 0.3 is 12.2 Å². The molecule has 0 radical (unpaired) electrons. The molecule has 2 heterocycles. The van der Waals surface area contributed by atoms with Gasteiger partial charge in [-0.15, -0.1) is 0 Å². The number of hydrogen-bond donors (Lipinski definition) is 2. The number of halogens is 1. The van der Waals surface area contributed by atoms with E-state index in [0.29, 0.717) is 23.4 Å². The molecule has 5 atom stereocenters. The molecule has 1 aromatic carbocycles. The van der Waals surface area contributed by atoms with Crippen LogP contribution < -0.4 is 10.2 Å². The number of hydrogen-bond acceptors (Lipinski definition) is 4. The molecule has 0 aromatic heterocycles. The van der Waals surface area contributed by atoms with Crippen molar-refractivity contribution in [3.8, 4) is 0 Å². The molecule has 0 bridgehead atoms. The Balaban J connectivity index is 1.51. The smallest absolute Gasteiger partial charge is 0.414 e. The highest BCUT2D eigenvalue weighted by atomic mass is 32.2. The number of carbonyl (C=O) groups is 2. The summed E-state index contributed by atoms with van der Waals surface area (Å²) in [5.41, 5.74) is 0.733. The second-order valence-corrected chi connectivity index (χ2v) is 10.00. The molecule has 2 N–H and O–H groups in total. The van der Waals surface area contributed by atoms with Crippen LogP contribution in [-0.4, -0.2) is 47.5 Å². The van der Waals surface area contributed by atoms with Crippen molar-refractivity contribution in [1.82, 2.24) is 5.32 Å². The molecule has 1 aromatic rings. The van der Waals surface area contributed by atoms with Gasteiger partial charge in [-0.05, 0) is 52.4 Å². The zero-order chi connectivity index (χ0) is 20.2. The number of ether oxygens (including phenoxy) is 1. The molecular formula is C20H25FN2O4S. The summed E-state index contributed by atoms with van der Waals surface area (Å²) >= 11 is 1.93. The van der Waals surface area contributed by atoms with Gasteiger partial charge in [0.25, 0.3) is 0 Å². The fourth-order valence-electron chi connectivity index (χ4n) is 4.52. The number of amides is 2. The predicted molar refractivity (Wildman–Crippen MR) is 105 cm³/mol. The van der Waals surface area contributed by atoms with Gasteiger partial charge in [-0.3, -0.25) is 4.90 Å². The number of fused-ring (bicyclic) bond motifs is 1. The van der Waals surface area contributed by atoms with Gasteiger partial charge in [-0.2, -0.15) is 11.8 Å². The van der Waals surface area contributed by atoms with Crippen molar-refractivity contribution in [2.75, 3.05) is 23.0 Å². The van der Waals surface area contributed by atoms with Crippen molar-refractivity contribution in [3.63, 3.8) is 0 Å². The van der Waals surface area contributed by atoms with E-state index in [1.54, 1.807) is 12.1 Å². The van der Waals surface area contributed by atoms with Crippen LogP contribution in [0.15, 0.2) is 18.2 Å². The number of carbonyl (C=O) groups excluding carboxylic acids is 1. The Kier molecular flexibility index (Phi) is 4.72. The largest absolute Gasteiger partial charge is 0.465 e. The van der Waals surface area contributed by atoms with Crippen LogP contribution in [0, 0.1) is 23.1 Å². The van der Waals surface area contributed by atoms with Crippen molar-refractivity contribution < 1.29 is 23.8 Å². The van der Waals surface area contributed by atoms with E-state index >= 15 is 0 Å². The summed E-state index contributed by atoms with van der Waals surface area (Å²) < 4.78 is 20.2. The number of anilines is 1. The normalized spacial score (nSPS) is 30.0. The first-order valence-corrected chi connectivity index (χ1v) is 10.7.